The Bertz CT molecular complexity index is 558. The van der Waals surface area contributed by atoms with Crippen molar-refractivity contribution in [3.8, 4) is 0 Å². The fourth-order valence-electron chi connectivity index (χ4n) is 1.90. The Kier molecular flexibility index (Phi) is 5.63. The number of nitrogens with two attached hydrogens (primary N) is 1. The maximum Gasteiger partial charge on any atom is 0.188 e. The average molecular weight is 302 g/mol. The van der Waals surface area contributed by atoms with Crippen molar-refractivity contribution in [1.29, 1.82) is 0 Å². The van der Waals surface area contributed by atoms with Crippen molar-refractivity contribution < 1.29 is 0 Å². The summed E-state index contributed by atoms with van der Waals surface area (Å²) < 4.78 is 0. The molecule has 5 heteroatoms. The molecule has 1 aromatic heterocycles. The zero-order chi connectivity index (χ0) is 15.1. The lowest BCUT2D eigenvalue weighted by molar-refractivity contribution is 0.857. The summed E-state index contributed by atoms with van der Waals surface area (Å²) in [5.74, 6) is 0.503. The van der Waals surface area contributed by atoms with Crippen LogP contribution in [0.2, 0.25) is 0 Å². The van der Waals surface area contributed by atoms with Gasteiger partial charge in [0.15, 0.2) is 5.96 Å². The van der Waals surface area contributed by atoms with E-state index < -0.39 is 0 Å². The van der Waals surface area contributed by atoms with Gasteiger partial charge in [0.25, 0.3) is 0 Å². The van der Waals surface area contributed by atoms with Gasteiger partial charge in [-0.1, -0.05) is 18.2 Å². The van der Waals surface area contributed by atoms with Gasteiger partial charge in [0, 0.05) is 31.2 Å². The Morgan fingerprint density at radius 3 is 2.62 bits per heavy atom. The molecule has 0 fully saturated rings. The van der Waals surface area contributed by atoms with Gasteiger partial charge >= 0.3 is 0 Å². The molecule has 1 heterocycles. The lowest BCUT2D eigenvalue weighted by Crippen LogP contribution is -2.33. The Hall–Kier alpha value is -2.01. The second-order valence-electron chi connectivity index (χ2n) is 5.02. The molecule has 0 aliphatic heterocycles. The smallest absolute Gasteiger partial charge is 0.188 e. The molecular formula is C16H22N4S. The molecule has 0 saturated heterocycles. The predicted octanol–water partition coefficient (Wildman–Crippen LogP) is 2.46. The van der Waals surface area contributed by atoms with Gasteiger partial charge in [-0.25, -0.2) is 4.99 Å². The molecule has 112 valence electrons. The first-order valence-electron chi connectivity index (χ1n) is 6.97. The molecule has 4 nitrogen and oxygen atoms in total. The maximum atomic E-state index is 5.87. The summed E-state index contributed by atoms with van der Waals surface area (Å²) in [6, 6.07) is 12.5. The highest BCUT2D eigenvalue weighted by Gasteiger charge is 1.97. The van der Waals surface area contributed by atoms with Crippen molar-refractivity contribution in [2.24, 2.45) is 10.7 Å². The minimum atomic E-state index is 0.503. The van der Waals surface area contributed by atoms with Crippen LogP contribution >= 0.6 is 11.3 Å². The van der Waals surface area contributed by atoms with Gasteiger partial charge in [-0.15, -0.1) is 11.3 Å². The normalized spacial score (nSPS) is 11.4. The van der Waals surface area contributed by atoms with E-state index in [1.165, 1.54) is 10.6 Å². The van der Waals surface area contributed by atoms with Crippen molar-refractivity contribution >= 4 is 23.0 Å². The molecule has 2 rings (SSSR count). The summed E-state index contributed by atoms with van der Waals surface area (Å²) in [4.78, 5) is 7.79. The molecule has 0 spiro atoms. The van der Waals surface area contributed by atoms with Gasteiger partial charge in [-0.3, -0.25) is 0 Å². The standard InChI is InChI=1S/C16H22N4S/c1-20(2)14-7-5-13(6-8-14)12-19-16(17)18-10-9-15-4-3-11-21-15/h3-8,11H,9-10,12H2,1-2H3,(H3,17,18,19). The van der Waals surface area contributed by atoms with Crippen molar-refractivity contribution in [3.05, 3.63) is 52.2 Å². The second kappa shape index (κ2) is 7.69. The first kappa shape index (κ1) is 15.4. The molecule has 0 bridgehead atoms. The molecule has 0 aliphatic rings. The Morgan fingerprint density at radius 1 is 1.24 bits per heavy atom. The molecule has 0 radical (unpaired) electrons. The van der Waals surface area contributed by atoms with Crippen molar-refractivity contribution in [2.75, 3.05) is 25.5 Å². The van der Waals surface area contributed by atoms with E-state index in [0.717, 1.165) is 18.5 Å². The number of aliphatic imine (C=N–C) groups is 1. The van der Waals surface area contributed by atoms with Gasteiger partial charge < -0.3 is 16.0 Å². The molecule has 21 heavy (non-hydrogen) atoms. The van der Waals surface area contributed by atoms with Crippen LogP contribution in [0.4, 0.5) is 5.69 Å². The van der Waals surface area contributed by atoms with Gasteiger partial charge in [-0.2, -0.15) is 0 Å². The molecule has 0 atom stereocenters. The average Bonchev–Trinajstić information content (AvgIpc) is 2.99. The molecule has 3 N–H and O–H groups in total. The number of guanidine groups is 1. The fourth-order valence-corrected chi connectivity index (χ4v) is 2.61. The third-order valence-corrected chi connectivity index (χ3v) is 4.08. The maximum absolute atomic E-state index is 5.87. The van der Waals surface area contributed by atoms with E-state index in [2.05, 4.69) is 57.0 Å². The van der Waals surface area contributed by atoms with Crippen LogP contribution in [0, 0.1) is 0 Å². The highest BCUT2D eigenvalue weighted by atomic mass is 32.1. The minimum Gasteiger partial charge on any atom is -0.378 e. The van der Waals surface area contributed by atoms with Crippen LogP contribution in [-0.4, -0.2) is 26.6 Å². The van der Waals surface area contributed by atoms with Crippen LogP contribution < -0.4 is 16.0 Å². The van der Waals surface area contributed by atoms with Crippen molar-refractivity contribution in [3.63, 3.8) is 0 Å². The van der Waals surface area contributed by atoms with E-state index in [1.54, 1.807) is 11.3 Å². The molecule has 2 aromatic rings. The summed E-state index contributed by atoms with van der Waals surface area (Å²) in [6.45, 7) is 1.42. The first-order chi connectivity index (χ1) is 10.1. The van der Waals surface area contributed by atoms with Crippen LogP contribution in [0.1, 0.15) is 10.4 Å². The van der Waals surface area contributed by atoms with E-state index in [1.807, 2.05) is 14.1 Å². The Morgan fingerprint density at radius 2 is 2.00 bits per heavy atom. The van der Waals surface area contributed by atoms with Crippen LogP contribution in [-0.2, 0) is 13.0 Å². The molecule has 0 aliphatic carbocycles. The number of hydrogen-bond acceptors (Lipinski definition) is 3. The number of benzene rings is 1. The summed E-state index contributed by atoms with van der Waals surface area (Å²) in [7, 11) is 4.06. The third kappa shape index (κ3) is 5.11. The van der Waals surface area contributed by atoms with Gasteiger partial charge in [0.2, 0.25) is 0 Å². The van der Waals surface area contributed by atoms with Crippen molar-refractivity contribution in [1.82, 2.24) is 5.32 Å². The summed E-state index contributed by atoms with van der Waals surface area (Å²) in [6.07, 6.45) is 0.978. The van der Waals surface area contributed by atoms with Crippen LogP contribution in [0.3, 0.4) is 0 Å². The molecule has 1 aromatic carbocycles. The van der Waals surface area contributed by atoms with Gasteiger partial charge in [-0.05, 0) is 35.6 Å². The van der Waals surface area contributed by atoms with E-state index in [0.29, 0.717) is 12.5 Å². The van der Waals surface area contributed by atoms with E-state index in [9.17, 15) is 0 Å². The molecule has 0 saturated carbocycles. The minimum absolute atomic E-state index is 0.503. The summed E-state index contributed by atoms with van der Waals surface area (Å²) >= 11 is 1.76. The second-order valence-corrected chi connectivity index (χ2v) is 6.05. The number of rotatable bonds is 6. The number of thiophene rings is 1. The quantitative estimate of drug-likeness (QED) is 0.636. The summed E-state index contributed by atoms with van der Waals surface area (Å²) in [5, 5.41) is 5.23. The monoisotopic (exact) mass is 302 g/mol. The Balaban J connectivity index is 1.77. The van der Waals surface area contributed by atoms with Crippen LogP contribution in [0.5, 0.6) is 0 Å². The lowest BCUT2D eigenvalue weighted by atomic mass is 10.2. The predicted molar refractivity (Wildman–Crippen MR) is 92.1 cm³/mol. The lowest BCUT2D eigenvalue weighted by Gasteiger charge is -2.12. The molecule has 0 amide bonds. The Labute approximate surface area is 130 Å². The van der Waals surface area contributed by atoms with Crippen molar-refractivity contribution in [2.45, 2.75) is 13.0 Å². The first-order valence-corrected chi connectivity index (χ1v) is 7.85. The van der Waals surface area contributed by atoms with E-state index in [4.69, 9.17) is 5.73 Å². The highest BCUT2D eigenvalue weighted by molar-refractivity contribution is 7.09. The highest BCUT2D eigenvalue weighted by Crippen LogP contribution is 2.12. The number of hydrogen-bond donors (Lipinski definition) is 2. The summed E-state index contributed by atoms with van der Waals surface area (Å²) in [5.41, 5.74) is 8.21. The SMILES string of the molecule is CN(C)c1ccc(CN=C(N)NCCc2cccs2)cc1. The zero-order valence-electron chi connectivity index (χ0n) is 12.5. The number of nitrogens with zero attached hydrogens (tertiary/aromatic N) is 2. The largest absolute Gasteiger partial charge is 0.378 e. The van der Waals surface area contributed by atoms with Crippen LogP contribution in [0.25, 0.3) is 0 Å². The number of nitrogens with one attached hydrogen (secondary N) is 1. The van der Waals surface area contributed by atoms with E-state index >= 15 is 0 Å². The number of anilines is 1. The fraction of sp³-hybridized carbons (Fsp3) is 0.312. The van der Waals surface area contributed by atoms with Gasteiger partial charge in [0.05, 0.1) is 6.54 Å². The molecular weight excluding hydrogens is 280 g/mol. The van der Waals surface area contributed by atoms with Gasteiger partial charge in [0.1, 0.15) is 0 Å². The zero-order valence-corrected chi connectivity index (χ0v) is 13.4. The van der Waals surface area contributed by atoms with Crippen LogP contribution in [0.15, 0.2) is 46.8 Å². The molecule has 0 unspecified atom stereocenters. The third-order valence-electron chi connectivity index (χ3n) is 3.14. The topological polar surface area (TPSA) is 53.6 Å². The van der Waals surface area contributed by atoms with E-state index in [-0.39, 0.29) is 0 Å².